The molecule has 1 atom stereocenters. The van der Waals surface area contributed by atoms with Crippen molar-refractivity contribution in [1.82, 2.24) is 10.6 Å². The molecule has 7 heteroatoms. The van der Waals surface area contributed by atoms with Crippen LogP contribution in [0.25, 0.3) is 0 Å². The molecule has 0 radical (unpaired) electrons. The second-order valence-electron chi connectivity index (χ2n) is 6.45. The monoisotopic (exact) mass is 405 g/mol. The smallest absolute Gasteiger partial charge is 0.203 e. The first-order chi connectivity index (χ1) is 13.5. The summed E-state index contributed by atoms with van der Waals surface area (Å²) in [5.41, 5.74) is 0.930. The largest absolute Gasteiger partial charge is 0.493 e. The maximum absolute atomic E-state index is 5.55. The van der Waals surface area contributed by atoms with Gasteiger partial charge in [0, 0.05) is 34.3 Å². The number of guanidine groups is 1. The Bertz CT molecular complexity index is 789. The van der Waals surface area contributed by atoms with Gasteiger partial charge in [-0.3, -0.25) is 0 Å². The minimum absolute atomic E-state index is 0.267. The average Bonchev–Trinajstić information content (AvgIpc) is 3.09. The molecule has 28 heavy (non-hydrogen) atoms. The lowest BCUT2D eigenvalue weighted by atomic mass is 10.1. The van der Waals surface area contributed by atoms with Gasteiger partial charge in [0.05, 0.1) is 27.9 Å². The third-order valence-electron chi connectivity index (χ3n) is 4.22. The number of ether oxygens (including phenoxy) is 3. The lowest BCUT2D eigenvalue weighted by molar-refractivity contribution is 0.322. The molecular formula is C21H31N3O3S. The molecule has 0 aliphatic rings. The molecule has 1 unspecified atom stereocenters. The molecule has 0 saturated heterocycles. The zero-order chi connectivity index (χ0) is 20.5. The highest BCUT2D eigenvalue weighted by molar-refractivity contribution is 7.11. The van der Waals surface area contributed by atoms with E-state index < -0.39 is 0 Å². The summed E-state index contributed by atoms with van der Waals surface area (Å²) in [7, 11) is 4.84. The van der Waals surface area contributed by atoms with Crippen molar-refractivity contribution in [3.63, 3.8) is 0 Å². The normalized spacial score (nSPS) is 12.4. The van der Waals surface area contributed by atoms with E-state index in [1.165, 1.54) is 9.75 Å². The van der Waals surface area contributed by atoms with Crippen LogP contribution in [0, 0.1) is 6.92 Å². The summed E-state index contributed by atoms with van der Waals surface area (Å²) in [5.74, 6) is 2.64. The first-order valence-electron chi connectivity index (χ1n) is 9.40. The van der Waals surface area contributed by atoms with Crippen LogP contribution in [-0.2, 0) is 13.0 Å². The van der Waals surface area contributed by atoms with Gasteiger partial charge in [0.25, 0.3) is 0 Å². The Morgan fingerprint density at radius 1 is 1.07 bits per heavy atom. The van der Waals surface area contributed by atoms with Crippen LogP contribution in [0.1, 0.15) is 29.2 Å². The van der Waals surface area contributed by atoms with Gasteiger partial charge in [-0.15, -0.1) is 11.3 Å². The molecule has 0 saturated carbocycles. The molecule has 154 valence electrons. The second-order valence-corrected chi connectivity index (χ2v) is 7.82. The van der Waals surface area contributed by atoms with E-state index >= 15 is 0 Å². The number of aliphatic imine (C=N–C) groups is 1. The molecule has 0 aliphatic carbocycles. The highest BCUT2D eigenvalue weighted by atomic mass is 32.1. The van der Waals surface area contributed by atoms with Crippen molar-refractivity contribution in [3.05, 3.63) is 39.6 Å². The first-order valence-corrected chi connectivity index (χ1v) is 10.2. The Hall–Kier alpha value is -2.41. The summed E-state index contributed by atoms with van der Waals surface area (Å²) in [6.07, 6.45) is 0.961. The predicted octanol–water partition coefficient (Wildman–Crippen LogP) is 3.77. The number of hydrogen-bond donors (Lipinski definition) is 2. The van der Waals surface area contributed by atoms with Crippen LogP contribution in [-0.4, -0.2) is 39.9 Å². The van der Waals surface area contributed by atoms with E-state index in [9.17, 15) is 0 Å². The van der Waals surface area contributed by atoms with Crippen LogP contribution in [0.3, 0.4) is 0 Å². The van der Waals surface area contributed by atoms with Crippen LogP contribution >= 0.6 is 11.3 Å². The summed E-state index contributed by atoms with van der Waals surface area (Å²) >= 11 is 1.84. The number of rotatable bonds is 9. The maximum Gasteiger partial charge on any atom is 0.203 e. The minimum Gasteiger partial charge on any atom is -0.493 e. The SMILES string of the molecule is CCNC(=NCc1ccc(OC)c(OC)c1OC)NC(C)Cc1ccc(C)s1. The fourth-order valence-electron chi connectivity index (χ4n) is 2.95. The number of aryl methyl sites for hydroxylation is 1. The molecular weight excluding hydrogens is 374 g/mol. The van der Waals surface area contributed by atoms with Crippen LogP contribution in [0.2, 0.25) is 0 Å². The van der Waals surface area contributed by atoms with E-state index in [4.69, 9.17) is 19.2 Å². The van der Waals surface area contributed by atoms with Gasteiger partial charge < -0.3 is 24.8 Å². The molecule has 6 nitrogen and oxygen atoms in total. The number of benzene rings is 1. The third-order valence-corrected chi connectivity index (χ3v) is 5.25. The number of nitrogens with zero attached hydrogens (tertiary/aromatic N) is 1. The Kier molecular flexibility index (Phi) is 8.44. The number of hydrogen-bond acceptors (Lipinski definition) is 5. The molecule has 0 aliphatic heterocycles. The van der Waals surface area contributed by atoms with Crippen molar-refractivity contribution in [1.29, 1.82) is 0 Å². The van der Waals surface area contributed by atoms with Crippen LogP contribution in [0.5, 0.6) is 17.2 Å². The quantitative estimate of drug-likeness (QED) is 0.491. The fraction of sp³-hybridized carbons (Fsp3) is 0.476. The first kappa shape index (κ1) is 21.9. The van der Waals surface area contributed by atoms with Crippen molar-refractivity contribution in [2.75, 3.05) is 27.9 Å². The van der Waals surface area contributed by atoms with Crippen molar-refractivity contribution >= 4 is 17.3 Å². The van der Waals surface area contributed by atoms with Gasteiger partial charge in [-0.25, -0.2) is 4.99 Å². The zero-order valence-electron chi connectivity index (χ0n) is 17.6. The van der Waals surface area contributed by atoms with Crippen molar-refractivity contribution < 1.29 is 14.2 Å². The Morgan fingerprint density at radius 3 is 2.39 bits per heavy atom. The molecule has 1 aromatic carbocycles. The summed E-state index contributed by atoms with van der Waals surface area (Å²) in [6.45, 7) is 7.61. The van der Waals surface area contributed by atoms with E-state index in [1.807, 2.05) is 23.5 Å². The van der Waals surface area contributed by atoms with E-state index in [0.717, 1.165) is 24.5 Å². The molecule has 0 spiro atoms. The molecule has 2 N–H and O–H groups in total. The number of methoxy groups -OCH3 is 3. The van der Waals surface area contributed by atoms with Gasteiger partial charge in [-0.05, 0) is 45.0 Å². The molecule has 1 heterocycles. The number of nitrogens with one attached hydrogen (secondary N) is 2. The fourth-order valence-corrected chi connectivity index (χ4v) is 3.97. The Morgan fingerprint density at radius 2 is 1.82 bits per heavy atom. The third kappa shape index (κ3) is 5.79. The molecule has 0 bridgehead atoms. The molecule has 0 amide bonds. The van der Waals surface area contributed by atoms with Crippen LogP contribution < -0.4 is 24.8 Å². The van der Waals surface area contributed by atoms with Crippen molar-refractivity contribution in [2.24, 2.45) is 4.99 Å². The van der Waals surface area contributed by atoms with Gasteiger partial charge in [-0.1, -0.05) is 0 Å². The topological polar surface area (TPSA) is 64.1 Å². The summed E-state index contributed by atoms with van der Waals surface area (Å²) < 4.78 is 16.4. The highest BCUT2D eigenvalue weighted by Crippen LogP contribution is 2.39. The van der Waals surface area contributed by atoms with Gasteiger partial charge in [0.1, 0.15) is 0 Å². The van der Waals surface area contributed by atoms with Gasteiger partial charge in [0.15, 0.2) is 17.5 Å². The van der Waals surface area contributed by atoms with E-state index in [2.05, 4.69) is 43.5 Å². The lowest BCUT2D eigenvalue weighted by Gasteiger charge is -2.18. The predicted molar refractivity (Wildman–Crippen MR) is 116 cm³/mol. The second kappa shape index (κ2) is 10.8. The maximum atomic E-state index is 5.55. The summed E-state index contributed by atoms with van der Waals surface area (Å²) in [4.78, 5) is 7.44. The summed E-state index contributed by atoms with van der Waals surface area (Å²) in [5, 5.41) is 6.79. The van der Waals surface area contributed by atoms with Gasteiger partial charge in [0.2, 0.25) is 5.75 Å². The lowest BCUT2D eigenvalue weighted by Crippen LogP contribution is -2.43. The van der Waals surface area contributed by atoms with Crippen LogP contribution in [0.4, 0.5) is 0 Å². The van der Waals surface area contributed by atoms with Gasteiger partial charge in [-0.2, -0.15) is 0 Å². The standard InChI is InChI=1S/C21H31N3O3S/c1-7-22-21(24-14(2)12-17-10-8-15(3)28-17)23-13-16-9-11-18(25-4)20(27-6)19(16)26-5/h8-11,14H,7,12-13H2,1-6H3,(H2,22,23,24). The average molecular weight is 406 g/mol. The van der Waals surface area contributed by atoms with Crippen molar-refractivity contribution in [2.45, 2.75) is 39.8 Å². The molecule has 1 aromatic heterocycles. The number of thiophene rings is 1. The molecule has 2 aromatic rings. The van der Waals surface area contributed by atoms with Gasteiger partial charge >= 0.3 is 0 Å². The molecule has 0 fully saturated rings. The summed E-state index contributed by atoms with van der Waals surface area (Å²) in [6, 6.07) is 8.44. The highest BCUT2D eigenvalue weighted by Gasteiger charge is 2.16. The van der Waals surface area contributed by atoms with E-state index in [0.29, 0.717) is 23.8 Å². The van der Waals surface area contributed by atoms with E-state index in [-0.39, 0.29) is 6.04 Å². The zero-order valence-corrected chi connectivity index (χ0v) is 18.4. The minimum atomic E-state index is 0.267. The molecule has 2 rings (SSSR count). The van der Waals surface area contributed by atoms with Crippen LogP contribution in [0.15, 0.2) is 29.3 Å². The Labute approximate surface area is 171 Å². The van der Waals surface area contributed by atoms with Crippen molar-refractivity contribution in [3.8, 4) is 17.2 Å². The van der Waals surface area contributed by atoms with E-state index in [1.54, 1.807) is 21.3 Å². The Balaban J connectivity index is 2.13.